The molecule has 0 saturated carbocycles. The minimum atomic E-state index is -0.548. The van der Waals surface area contributed by atoms with Crippen LogP contribution in [0.1, 0.15) is 11.4 Å². The molecule has 0 aliphatic carbocycles. The van der Waals surface area contributed by atoms with Gasteiger partial charge in [0, 0.05) is 0 Å². The molecular weight excluding hydrogens is 252 g/mol. The predicted molar refractivity (Wildman–Crippen MR) is 68.0 cm³/mol. The average Bonchev–Trinajstić information content (AvgIpc) is 2.78. The topological polar surface area (TPSA) is 89.9 Å². The van der Waals surface area contributed by atoms with Crippen LogP contribution in [-0.2, 0) is 6.54 Å². The van der Waals surface area contributed by atoms with E-state index in [1.165, 1.54) is 4.68 Å². The fourth-order valence-electron chi connectivity index (χ4n) is 1.41. The number of hydrogen-bond acceptors (Lipinski definition) is 5. The molecule has 94 valence electrons. The molecule has 0 bridgehead atoms. The van der Waals surface area contributed by atoms with Crippen LogP contribution in [0.25, 0.3) is 5.69 Å². The van der Waals surface area contributed by atoms with Crippen LogP contribution in [0.15, 0.2) is 24.3 Å². The van der Waals surface area contributed by atoms with Crippen molar-refractivity contribution in [3.63, 3.8) is 0 Å². The Hall–Kier alpha value is -1.93. The Morgan fingerprint density at radius 1 is 1.44 bits per heavy atom. The van der Waals surface area contributed by atoms with E-state index in [4.69, 9.17) is 5.84 Å². The normalized spacial score (nSPS) is 10.4. The molecule has 2 N–H and O–H groups in total. The summed E-state index contributed by atoms with van der Waals surface area (Å²) in [6.45, 7) is 2.08. The minimum absolute atomic E-state index is 0.0865. The van der Waals surface area contributed by atoms with E-state index in [0.717, 1.165) is 16.3 Å². The number of amides is 1. The second kappa shape index (κ2) is 5.15. The molecule has 0 unspecified atom stereocenters. The summed E-state index contributed by atoms with van der Waals surface area (Å²) in [6, 6.07) is 7.67. The van der Waals surface area contributed by atoms with Gasteiger partial charge in [-0.1, -0.05) is 30.3 Å². The molecular formula is C10H12N6OS. The first kappa shape index (κ1) is 12.5. The zero-order chi connectivity index (χ0) is 13.1. The molecule has 1 heterocycles. The van der Waals surface area contributed by atoms with E-state index in [-0.39, 0.29) is 6.54 Å². The summed E-state index contributed by atoms with van der Waals surface area (Å²) >= 11 is 3.62. The predicted octanol–water partition coefficient (Wildman–Crippen LogP) is 0.696. The zero-order valence-electron chi connectivity index (χ0n) is 9.69. The second-order valence-electron chi connectivity index (χ2n) is 3.75. The highest BCUT2D eigenvalue weighted by Crippen LogP contribution is 2.10. The SMILES string of the molecule is Cc1ccc(-n2nnnc2CN(N)C(=O)S)cc1. The molecule has 8 heteroatoms. The van der Waals surface area contributed by atoms with E-state index in [9.17, 15) is 4.79 Å². The number of hydrazine groups is 1. The smallest absolute Gasteiger partial charge is 0.264 e. The van der Waals surface area contributed by atoms with Crippen molar-refractivity contribution in [1.82, 2.24) is 25.2 Å². The lowest BCUT2D eigenvalue weighted by molar-refractivity contribution is 0.220. The molecule has 2 rings (SSSR count). The maximum atomic E-state index is 10.9. The van der Waals surface area contributed by atoms with Crippen LogP contribution >= 0.6 is 12.6 Å². The maximum absolute atomic E-state index is 10.9. The Labute approximate surface area is 109 Å². The van der Waals surface area contributed by atoms with Gasteiger partial charge in [0.2, 0.25) is 0 Å². The van der Waals surface area contributed by atoms with Crippen LogP contribution in [0.4, 0.5) is 4.79 Å². The lowest BCUT2D eigenvalue weighted by Gasteiger charge is -2.12. The van der Waals surface area contributed by atoms with Gasteiger partial charge in [-0.05, 0) is 29.5 Å². The monoisotopic (exact) mass is 264 g/mol. The highest BCUT2D eigenvalue weighted by molar-refractivity contribution is 7.96. The third-order valence-electron chi connectivity index (χ3n) is 2.37. The van der Waals surface area contributed by atoms with Crippen LogP contribution in [0, 0.1) is 6.92 Å². The molecule has 1 aromatic carbocycles. The molecule has 0 atom stereocenters. The highest BCUT2D eigenvalue weighted by atomic mass is 32.1. The summed E-state index contributed by atoms with van der Waals surface area (Å²) in [5, 5.41) is 11.7. The molecule has 0 spiro atoms. The fraction of sp³-hybridized carbons (Fsp3) is 0.200. The fourth-order valence-corrected chi connectivity index (χ4v) is 1.48. The van der Waals surface area contributed by atoms with Crippen molar-refractivity contribution in [2.75, 3.05) is 0 Å². The molecule has 0 aliphatic rings. The van der Waals surface area contributed by atoms with Crippen molar-refractivity contribution in [1.29, 1.82) is 0 Å². The van der Waals surface area contributed by atoms with E-state index in [0.29, 0.717) is 5.82 Å². The first-order valence-corrected chi connectivity index (χ1v) is 5.62. The van der Waals surface area contributed by atoms with Crippen molar-refractivity contribution in [2.24, 2.45) is 5.84 Å². The van der Waals surface area contributed by atoms with Crippen LogP contribution in [0.5, 0.6) is 0 Å². The minimum Gasteiger partial charge on any atom is -0.264 e. The van der Waals surface area contributed by atoms with Gasteiger partial charge in [-0.25, -0.2) is 5.84 Å². The number of carbonyl (C=O) groups is 1. The highest BCUT2D eigenvalue weighted by Gasteiger charge is 2.13. The standard InChI is InChI=1S/C10H12N6OS/c1-7-2-4-8(5-3-7)16-9(12-13-14-16)6-15(11)10(17)18/h2-5H,6,11H2,1H3,(H,17,18). The van der Waals surface area contributed by atoms with Gasteiger partial charge in [0.05, 0.1) is 12.2 Å². The van der Waals surface area contributed by atoms with Gasteiger partial charge >= 0.3 is 0 Å². The number of nitrogens with zero attached hydrogens (tertiary/aromatic N) is 5. The molecule has 0 radical (unpaired) electrons. The number of nitrogens with two attached hydrogens (primary N) is 1. The van der Waals surface area contributed by atoms with Crippen molar-refractivity contribution in [3.05, 3.63) is 35.7 Å². The zero-order valence-corrected chi connectivity index (χ0v) is 10.6. The molecule has 1 aromatic heterocycles. The van der Waals surface area contributed by atoms with E-state index in [1.807, 2.05) is 31.2 Å². The Morgan fingerprint density at radius 2 is 2.11 bits per heavy atom. The van der Waals surface area contributed by atoms with Gasteiger partial charge in [0.25, 0.3) is 5.24 Å². The number of aromatic nitrogens is 4. The third kappa shape index (κ3) is 2.66. The summed E-state index contributed by atoms with van der Waals surface area (Å²) < 4.78 is 1.52. The number of carbonyl (C=O) groups excluding carboxylic acids is 1. The molecule has 0 saturated heterocycles. The molecule has 0 aliphatic heterocycles. The molecule has 1 amide bonds. The van der Waals surface area contributed by atoms with Gasteiger partial charge in [-0.15, -0.1) is 5.10 Å². The van der Waals surface area contributed by atoms with Gasteiger partial charge in [0.1, 0.15) is 0 Å². The van der Waals surface area contributed by atoms with Gasteiger partial charge < -0.3 is 0 Å². The second-order valence-corrected chi connectivity index (χ2v) is 4.14. The largest absolute Gasteiger partial charge is 0.292 e. The quantitative estimate of drug-likeness (QED) is 0.368. The molecule has 7 nitrogen and oxygen atoms in total. The van der Waals surface area contributed by atoms with Crippen molar-refractivity contribution >= 4 is 17.9 Å². The van der Waals surface area contributed by atoms with E-state index >= 15 is 0 Å². The Bertz CT molecular complexity index is 552. The average molecular weight is 264 g/mol. The van der Waals surface area contributed by atoms with Gasteiger partial charge in [-0.3, -0.25) is 9.80 Å². The van der Waals surface area contributed by atoms with Crippen LogP contribution in [-0.4, -0.2) is 30.5 Å². The number of benzene rings is 1. The first-order chi connectivity index (χ1) is 8.58. The van der Waals surface area contributed by atoms with Crippen molar-refractivity contribution < 1.29 is 4.79 Å². The lowest BCUT2D eigenvalue weighted by Crippen LogP contribution is -2.33. The first-order valence-electron chi connectivity index (χ1n) is 5.17. The third-order valence-corrected chi connectivity index (χ3v) is 2.63. The number of hydrogen-bond donors (Lipinski definition) is 2. The van der Waals surface area contributed by atoms with E-state index in [2.05, 4.69) is 28.2 Å². The Morgan fingerprint density at radius 3 is 2.72 bits per heavy atom. The number of thiol groups is 1. The Balaban J connectivity index is 2.27. The van der Waals surface area contributed by atoms with E-state index < -0.39 is 5.24 Å². The van der Waals surface area contributed by atoms with Crippen LogP contribution < -0.4 is 5.84 Å². The van der Waals surface area contributed by atoms with Crippen molar-refractivity contribution in [3.8, 4) is 5.69 Å². The molecule has 0 fully saturated rings. The number of aryl methyl sites for hydroxylation is 1. The maximum Gasteiger partial charge on any atom is 0.292 e. The summed E-state index contributed by atoms with van der Waals surface area (Å²) in [5.74, 6) is 5.94. The summed E-state index contributed by atoms with van der Waals surface area (Å²) in [5.41, 5.74) is 1.94. The van der Waals surface area contributed by atoms with Crippen molar-refractivity contribution in [2.45, 2.75) is 13.5 Å². The van der Waals surface area contributed by atoms with Crippen LogP contribution in [0.3, 0.4) is 0 Å². The van der Waals surface area contributed by atoms with E-state index in [1.54, 1.807) is 0 Å². The summed E-state index contributed by atoms with van der Waals surface area (Å²) in [7, 11) is 0. The van der Waals surface area contributed by atoms with Gasteiger partial charge in [-0.2, -0.15) is 4.68 Å². The summed E-state index contributed by atoms with van der Waals surface area (Å²) in [6.07, 6.45) is 0. The van der Waals surface area contributed by atoms with Crippen LogP contribution in [0.2, 0.25) is 0 Å². The lowest BCUT2D eigenvalue weighted by atomic mass is 10.2. The number of tetrazole rings is 1. The molecule has 2 aromatic rings. The van der Waals surface area contributed by atoms with Gasteiger partial charge in [0.15, 0.2) is 5.82 Å². The molecule has 18 heavy (non-hydrogen) atoms. The summed E-state index contributed by atoms with van der Waals surface area (Å²) in [4.78, 5) is 10.9. The Kier molecular flexibility index (Phi) is 3.58. The number of rotatable bonds is 3.